The number of nitrogens with zero attached hydrogens (tertiary/aromatic N) is 1. The van der Waals surface area contributed by atoms with Gasteiger partial charge in [-0.2, -0.15) is 0 Å². The van der Waals surface area contributed by atoms with Crippen LogP contribution in [0.4, 0.5) is 0 Å². The van der Waals surface area contributed by atoms with Gasteiger partial charge in [0.15, 0.2) is 0 Å². The van der Waals surface area contributed by atoms with E-state index < -0.39 is 0 Å². The van der Waals surface area contributed by atoms with Crippen molar-refractivity contribution >= 4 is 0 Å². The predicted octanol–water partition coefficient (Wildman–Crippen LogP) is 4.82. The molecule has 1 nitrogen and oxygen atoms in total. The van der Waals surface area contributed by atoms with Gasteiger partial charge in [-0.25, -0.2) is 0 Å². The molecule has 15 heavy (non-hydrogen) atoms. The Morgan fingerprint density at radius 2 is 1.27 bits per heavy atom. The maximum absolute atomic E-state index is 2.43. The third kappa shape index (κ3) is 16.6. The van der Waals surface area contributed by atoms with Crippen molar-refractivity contribution in [2.45, 2.75) is 67.7 Å². The molecular formula is C14H35N. The van der Waals surface area contributed by atoms with Crippen molar-refractivity contribution in [2.75, 3.05) is 20.1 Å². The summed E-state index contributed by atoms with van der Waals surface area (Å²) in [6.45, 7) is 17.0. The molecule has 0 aromatic heterocycles. The topological polar surface area (TPSA) is 3.24 Å². The lowest BCUT2D eigenvalue weighted by atomic mass is 10.0. The molecule has 1 heterocycles. The predicted molar refractivity (Wildman–Crippen MR) is 74.6 cm³/mol. The Hall–Kier alpha value is -0.0400. The van der Waals surface area contributed by atoms with E-state index in [1.165, 1.54) is 32.4 Å². The Bertz CT molecular complexity index is 71.4. The molecule has 1 aliphatic rings. The first kappa shape index (κ1) is 20.4. The summed E-state index contributed by atoms with van der Waals surface area (Å²) in [6, 6.07) is 0. The Balaban J connectivity index is -0.000000208. The molecule has 1 unspecified atom stereocenters. The fourth-order valence-corrected chi connectivity index (χ4v) is 1.41. The first-order chi connectivity index (χ1) is 7.29. The van der Waals surface area contributed by atoms with Gasteiger partial charge in [-0.05, 0) is 45.3 Å². The fraction of sp³-hybridized carbons (Fsp3) is 1.00. The summed E-state index contributed by atoms with van der Waals surface area (Å²) in [5.74, 6) is 0.968. The van der Waals surface area contributed by atoms with E-state index in [1.54, 1.807) is 0 Å². The first-order valence-electron chi connectivity index (χ1n) is 6.97. The van der Waals surface area contributed by atoms with Gasteiger partial charge >= 0.3 is 0 Å². The molecule has 0 bridgehead atoms. The molecule has 0 radical (unpaired) electrons. The van der Waals surface area contributed by atoms with Gasteiger partial charge in [0.05, 0.1) is 0 Å². The molecule has 0 aromatic carbocycles. The van der Waals surface area contributed by atoms with Crippen molar-refractivity contribution < 1.29 is 0 Å². The van der Waals surface area contributed by atoms with E-state index in [0.29, 0.717) is 0 Å². The number of hydrogen-bond acceptors (Lipinski definition) is 1. The normalized spacial score (nSPS) is 20.4. The molecule has 1 aliphatic heterocycles. The molecule has 0 N–H and O–H groups in total. The summed E-state index contributed by atoms with van der Waals surface area (Å²) >= 11 is 0. The maximum atomic E-state index is 2.43. The summed E-state index contributed by atoms with van der Waals surface area (Å²) < 4.78 is 0. The van der Waals surface area contributed by atoms with Crippen LogP contribution >= 0.6 is 0 Å². The average molecular weight is 217 g/mol. The third-order valence-corrected chi connectivity index (χ3v) is 2.24. The van der Waals surface area contributed by atoms with Crippen LogP contribution in [0, 0.1) is 5.92 Å². The van der Waals surface area contributed by atoms with Crippen LogP contribution in [0.25, 0.3) is 0 Å². The van der Waals surface area contributed by atoms with Gasteiger partial charge in [0.1, 0.15) is 0 Å². The highest BCUT2D eigenvalue weighted by atomic mass is 15.1. The summed E-state index contributed by atoms with van der Waals surface area (Å²) in [5, 5.41) is 0. The second-order valence-electron chi connectivity index (χ2n) is 3.34. The van der Waals surface area contributed by atoms with Gasteiger partial charge in [0.25, 0.3) is 0 Å². The quantitative estimate of drug-likeness (QED) is 0.562. The molecule has 1 atom stereocenters. The van der Waals surface area contributed by atoms with Gasteiger partial charge in [-0.3, -0.25) is 0 Å². The van der Waals surface area contributed by atoms with E-state index in [4.69, 9.17) is 0 Å². The minimum Gasteiger partial charge on any atom is -0.306 e. The lowest BCUT2D eigenvalue weighted by Crippen LogP contribution is -2.18. The van der Waals surface area contributed by atoms with E-state index in [0.717, 1.165) is 5.92 Å². The van der Waals surface area contributed by atoms with E-state index >= 15 is 0 Å². The Morgan fingerprint density at radius 1 is 0.800 bits per heavy atom. The van der Waals surface area contributed by atoms with Gasteiger partial charge in [-0.15, -0.1) is 0 Å². The van der Waals surface area contributed by atoms with Gasteiger partial charge in [-0.1, -0.05) is 48.5 Å². The SMILES string of the molecule is CC.CC.CC.CC1CCCN(C)CC1. The Kier molecular flexibility index (Phi) is 26.5. The summed E-state index contributed by atoms with van der Waals surface area (Å²) in [4.78, 5) is 2.43. The molecule has 0 amide bonds. The van der Waals surface area contributed by atoms with E-state index in [2.05, 4.69) is 18.9 Å². The minimum atomic E-state index is 0.968. The summed E-state index contributed by atoms with van der Waals surface area (Å²) in [5.41, 5.74) is 0. The van der Waals surface area contributed by atoms with Crippen LogP contribution in [0.3, 0.4) is 0 Å². The van der Waals surface area contributed by atoms with Crippen LogP contribution in [0.1, 0.15) is 67.7 Å². The maximum Gasteiger partial charge on any atom is -0.00192 e. The molecule has 1 rings (SSSR count). The zero-order chi connectivity index (χ0) is 12.7. The molecule has 0 saturated carbocycles. The van der Waals surface area contributed by atoms with Gasteiger partial charge < -0.3 is 4.90 Å². The van der Waals surface area contributed by atoms with Crippen LogP contribution in [0.2, 0.25) is 0 Å². The molecule has 96 valence electrons. The second-order valence-corrected chi connectivity index (χ2v) is 3.34. The molecule has 1 saturated heterocycles. The molecule has 1 heteroatoms. The van der Waals surface area contributed by atoms with Gasteiger partial charge in [0, 0.05) is 0 Å². The second kappa shape index (κ2) is 19.5. The van der Waals surface area contributed by atoms with Crippen molar-refractivity contribution in [2.24, 2.45) is 5.92 Å². The standard InChI is InChI=1S/C8H17N.3C2H6/c1-8-4-3-6-9(2)7-5-8;3*1-2/h8H,3-7H2,1-2H3;3*1-2H3. The summed E-state index contributed by atoms with van der Waals surface area (Å²) in [7, 11) is 2.22. The number of hydrogen-bond donors (Lipinski definition) is 0. The zero-order valence-electron chi connectivity index (χ0n) is 12.6. The number of rotatable bonds is 0. The van der Waals surface area contributed by atoms with Crippen molar-refractivity contribution in [3.05, 3.63) is 0 Å². The van der Waals surface area contributed by atoms with E-state index in [-0.39, 0.29) is 0 Å². The van der Waals surface area contributed by atoms with Crippen LogP contribution in [0.5, 0.6) is 0 Å². The van der Waals surface area contributed by atoms with Crippen molar-refractivity contribution in [1.82, 2.24) is 4.90 Å². The third-order valence-electron chi connectivity index (χ3n) is 2.24. The molecule has 0 aliphatic carbocycles. The minimum absolute atomic E-state index is 0.968. The lowest BCUT2D eigenvalue weighted by molar-refractivity contribution is 0.344. The Labute approximate surface area is 99.3 Å². The molecule has 0 aromatic rings. The molecule has 0 spiro atoms. The highest BCUT2D eigenvalue weighted by molar-refractivity contribution is 4.63. The Morgan fingerprint density at radius 3 is 1.73 bits per heavy atom. The highest BCUT2D eigenvalue weighted by Crippen LogP contribution is 2.14. The zero-order valence-corrected chi connectivity index (χ0v) is 12.6. The van der Waals surface area contributed by atoms with Crippen molar-refractivity contribution in [1.29, 1.82) is 0 Å². The fourth-order valence-electron chi connectivity index (χ4n) is 1.41. The van der Waals surface area contributed by atoms with E-state index in [9.17, 15) is 0 Å². The number of likely N-dealkylation sites (tertiary alicyclic amines) is 1. The van der Waals surface area contributed by atoms with Crippen LogP contribution < -0.4 is 0 Å². The van der Waals surface area contributed by atoms with Crippen LogP contribution in [-0.4, -0.2) is 25.0 Å². The van der Waals surface area contributed by atoms with Crippen molar-refractivity contribution in [3.8, 4) is 0 Å². The largest absolute Gasteiger partial charge is 0.306 e. The highest BCUT2D eigenvalue weighted by Gasteiger charge is 2.09. The summed E-state index contributed by atoms with van der Waals surface area (Å²) in [6.07, 6.45) is 4.23. The van der Waals surface area contributed by atoms with Gasteiger partial charge in [0.2, 0.25) is 0 Å². The lowest BCUT2D eigenvalue weighted by Gasteiger charge is -2.11. The molecular weight excluding hydrogens is 182 g/mol. The molecule has 1 fully saturated rings. The smallest absolute Gasteiger partial charge is 0.00192 e. The van der Waals surface area contributed by atoms with E-state index in [1.807, 2.05) is 41.5 Å². The monoisotopic (exact) mass is 217 g/mol. The average Bonchev–Trinajstić information content (AvgIpc) is 2.52. The van der Waals surface area contributed by atoms with Crippen LogP contribution in [0.15, 0.2) is 0 Å². The van der Waals surface area contributed by atoms with Crippen molar-refractivity contribution in [3.63, 3.8) is 0 Å². The first-order valence-corrected chi connectivity index (χ1v) is 6.97. The van der Waals surface area contributed by atoms with Crippen LogP contribution in [-0.2, 0) is 0 Å².